The molecular weight excluding hydrogens is 432 g/mol. The average Bonchev–Trinajstić information content (AvgIpc) is 1.66. The predicted octanol–water partition coefficient (Wildman–Crippen LogP) is 2.44. The van der Waals surface area contributed by atoms with Gasteiger partial charge in [0.05, 0.1) is 0 Å². The Morgan fingerprint density at radius 2 is 2.12 bits per heavy atom. The summed E-state index contributed by atoms with van der Waals surface area (Å²) in [5.74, 6) is 0. The molecule has 0 saturated carbocycles. The molecule has 54 valence electrons. The first-order valence-electron chi connectivity index (χ1n) is 2.34. The first-order valence-corrected chi connectivity index (χ1v) is 7.02. The third-order valence-corrected chi connectivity index (χ3v) is 3.01. The van der Waals surface area contributed by atoms with E-state index in [1.807, 2.05) is 0 Å². The van der Waals surface area contributed by atoms with E-state index in [0.29, 0.717) is 7.93 Å². The summed E-state index contributed by atoms with van der Waals surface area (Å²) in [5, 5.41) is 0. The third-order valence-electron chi connectivity index (χ3n) is 0.668. The molecule has 1 atom stereocenters. The van der Waals surface area contributed by atoms with Crippen LogP contribution in [0.4, 0.5) is 0 Å². The Morgan fingerprint density at radius 1 is 1.50 bits per heavy atom. The van der Waals surface area contributed by atoms with Crippen molar-refractivity contribution in [3.8, 4) is 0 Å². The van der Waals surface area contributed by atoms with Gasteiger partial charge >= 0.3 is 109 Å². The molecule has 0 rings (SSSR count). The van der Waals surface area contributed by atoms with Gasteiger partial charge in [-0.1, -0.05) is 0 Å². The summed E-state index contributed by atoms with van der Waals surface area (Å²) >= 11 is 10.0. The van der Waals surface area contributed by atoms with Crippen LogP contribution in [0.3, 0.4) is 0 Å². The van der Waals surface area contributed by atoms with Crippen LogP contribution in [0.15, 0.2) is 0 Å². The van der Waals surface area contributed by atoms with Crippen molar-refractivity contribution in [2.45, 2.75) is 10.7 Å². The molecule has 0 aliphatic rings. The van der Waals surface area contributed by atoms with Crippen LogP contribution in [-0.2, 0) is 0 Å². The fourth-order valence-electron chi connectivity index (χ4n) is 0.305. The summed E-state index contributed by atoms with van der Waals surface area (Å²) in [6.07, 6.45) is 3.85. The summed E-state index contributed by atoms with van der Waals surface area (Å²) < 4.78 is 0.850. The first-order chi connectivity index (χ1) is 3.77. The average molecular weight is 440 g/mol. The molecule has 0 radical (unpaired) electrons. The van der Waals surface area contributed by atoms with Crippen LogP contribution in [0.25, 0.3) is 0 Å². The summed E-state index contributed by atoms with van der Waals surface area (Å²) in [6, 6.07) is 0. The Labute approximate surface area is 107 Å². The number of hydrogen-bond acceptors (Lipinski definition) is 0. The molecular formula is C4H8ClPTb2. The molecule has 4 heteroatoms. The molecule has 0 N–H and O–H groups in total. The molecule has 0 aromatic heterocycles. The Morgan fingerprint density at radius 3 is 2.50 bits per heavy atom. The van der Waals surface area contributed by atoms with Gasteiger partial charge < -0.3 is 0 Å². The Balaban J connectivity index is 2.72. The van der Waals surface area contributed by atoms with Gasteiger partial charge in [0.25, 0.3) is 0 Å². The molecule has 0 aromatic rings. The molecule has 0 amide bonds. The second-order valence-corrected chi connectivity index (χ2v) is 8.14. The fourth-order valence-corrected chi connectivity index (χ4v) is 1.92. The molecule has 0 aliphatic carbocycles. The van der Waals surface area contributed by atoms with Crippen LogP contribution in [0, 0.1) is 73.3 Å². The molecule has 0 aromatic carbocycles. The van der Waals surface area contributed by atoms with Gasteiger partial charge in [0.2, 0.25) is 0 Å². The van der Waals surface area contributed by atoms with E-state index >= 15 is 0 Å². The van der Waals surface area contributed by atoms with E-state index in [1.165, 1.54) is 19.0 Å². The molecule has 0 spiro atoms. The third kappa shape index (κ3) is 9.29. The maximum atomic E-state index is 5.51. The quantitative estimate of drug-likeness (QED) is 0.466. The van der Waals surface area contributed by atoms with Crippen molar-refractivity contribution >= 4 is 19.2 Å². The zero-order chi connectivity index (χ0) is 6.41. The second kappa shape index (κ2) is 8.39. The Hall–Kier alpha value is 3.29. The van der Waals surface area contributed by atoms with Gasteiger partial charge in [-0.25, -0.2) is 0 Å². The maximum absolute atomic E-state index is 5.51. The zero-order valence-corrected chi connectivity index (χ0v) is 10.3. The first kappa shape index (κ1) is 11.3. The topological polar surface area (TPSA) is 0 Å². The molecule has 0 saturated heterocycles. The van der Waals surface area contributed by atoms with Crippen LogP contribution < -0.4 is 0 Å². The molecule has 8 heavy (non-hydrogen) atoms. The minimum atomic E-state index is 0.630. The monoisotopic (exact) mass is 440 g/mol. The van der Waals surface area contributed by atoms with Crippen molar-refractivity contribution in [2.75, 3.05) is 6.16 Å². The fraction of sp³-hybridized carbons (Fsp3) is 1.00. The molecule has 0 nitrogen and oxygen atoms in total. The van der Waals surface area contributed by atoms with E-state index in [9.17, 15) is 0 Å². The van der Waals surface area contributed by atoms with Gasteiger partial charge in [0, 0.05) is 0 Å². The normalized spacial score (nSPS) is 12.2. The minimum absolute atomic E-state index is 0.630. The number of hydrogen-bond donors (Lipinski definition) is 0. The molecule has 0 aliphatic heterocycles. The van der Waals surface area contributed by atoms with Gasteiger partial charge in [0.1, 0.15) is 0 Å². The van der Waals surface area contributed by atoms with Crippen molar-refractivity contribution in [3.63, 3.8) is 0 Å². The van der Waals surface area contributed by atoms with Crippen molar-refractivity contribution in [2.24, 2.45) is 0 Å². The zero-order valence-electron chi connectivity index (χ0n) is 4.24. The van der Waals surface area contributed by atoms with Gasteiger partial charge in [-0.15, -0.1) is 0 Å². The van der Waals surface area contributed by atoms with E-state index < -0.39 is 0 Å². The van der Waals surface area contributed by atoms with Gasteiger partial charge in [-0.05, 0) is 0 Å². The van der Waals surface area contributed by atoms with Crippen molar-refractivity contribution in [3.05, 3.63) is 0 Å². The summed E-state index contributed by atoms with van der Waals surface area (Å²) in [6.45, 7) is 0. The van der Waals surface area contributed by atoms with Crippen LogP contribution in [0.5, 0.6) is 0 Å². The second-order valence-electron chi connectivity index (χ2n) is 1.36. The standard InChI is InChI=1S/C4H8ClP.2Tb/c1-2-3-4-6-5;;/h1,6H,2-4H2;;. The molecule has 1 unspecified atom stereocenters. The summed E-state index contributed by atoms with van der Waals surface area (Å²) in [7, 11) is 0.630. The van der Waals surface area contributed by atoms with Gasteiger partial charge in [-0.2, -0.15) is 0 Å². The van der Waals surface area contributed by atoms with E-state index in [1.54, 1.807) is 0 Å². The van der Waals surface area contributed by atoms with Crippen LogP contribution >= 0.6 is 19.2 Å². The predicted molar refractivity (Wildman–Crippen MR) is 32.0 cm³/mol. The summed E-state index contributed by atoms with van der Waals surface area (Å²) in [5.41, 5.74) is 0. The van der Waals surface area contributed by atoms with Crippen molar-refractivity contribution in [1.29, 1.82) is 0 Å². The summed E-state index contributed by atoms with van der Waals surface area (Å²) in [4.78, 5) is 0. The van der Waals surface area contributed by atoms with Crippen LogP contribution in [-0.4, -0.2) is 6.16 Å². The Kier molecular flexibility index (Phi) is 11.8. The SMILES string of the molecule is ClPCCC[CH]([Tb])[Tb]. The number of rotatable bonds is 4. The van der Waals surface area contributed by atoms with Crippen LogP contribution in [0.1, 0.15) is 12.8 Å². The molecule has 0 bridgehead atoms. The van der Waals surface area contributed by atoms with Gasteiger partial charge in [0.15, 0.2) is 0 Å². The Bertz CT molecular complexity index is 51.3. The van der Waals surface area contributed by atoms with Crippen molar-refractivity contribution < 1.29 is 73.3 Å². The molecule has 0 fully saturated rings. The van der Waals surface area contributed by atoms with Crippen molar-refractivity contribution in [1.82, 2.24) is 0 Å². The van der Waals surface area contributed by atoms with Crippen LogP contribution in [0.2, 0.25) is -2.14 Å². The van der Waals surface area contributed by atoms with E-state index in [-0.39, 0.29) is 0 Å². The van der Waals surface area contributed by atoms with E-state index in [2.05, 4.69) is 73.3 Å². The van der Waals surface area contributed by atoms with E-state index in [4.69, 9.17) is 11.2 Å². The molecule has 0 heterocycles. The number of halogens is 1. The van der Waals surface area contributed by atoms with E-state index in [0.717, 1.165) is -2.14 Å². The van der Waals surface area contributed by atoms with Gasteiger partial charge in [-0.3, -0.25) is 0 Å².